The SMILES string of the molecule is CN1CCC(Oc2ccc(C(=N)c3cc(N)ccc3N)cc2)CC1. The zero-order valence-corrected chi connectivity index (χ0v) is 14.0. The Labute approximate surface area is 142 Å². The Morgan fingerprint density at radius 3 is 2.42 bits per heavy atom. The lowest BCUT2D eigenvalue weighted by Gasteiger charge is -2.29. The molecular formula is C19H24N4O. The van der Waals surface area contributed by atoms with Crippen LogP contribution >= 0.6 is 0 Å². The van der Waals surface area contributed by atoms with Crippen molar-refractivity contribution in [2.24, 2.45) is 0 Å². The Morgan fingerprint density at radius 1 is 1.08 bits per heavy atom. The molecule has 1 heterocycles. The second kappa shape index (κ2) is 6.93. The molecule has 0 aliphatic carbocycles. The Hall–Kier alpha value is -2.53. The molecule has 2 aromatic rings. The molecule has 1 aliphatic heterocycles. The van der Waals surface area contributed by atoms with Crippen LogP contribution in [0, 0.1) is 5.41 Å². The highest BCUT2D eigenvalue weighted by molar-refractivity contribution is 6.14. The Morgan fingerprint density at radius 2 is 1.75 bits per heavy atom. The molecule has 5 nitrogen and oxygen atoms in total. The van der Waals surface area contributed by atoms with Crippen molar-refractivity contribution >= 4 is 17.1 Å². The standard InChI is InChI=1S/C19H24N4O/c1-23-10-8-16(9-11-23)24-15-5-2-13(3-6-15)19(22)17-12-14(20)4-7-18(17)21/h2-7,12,16,22H,8-11,20-21H2,1H3. The van der Waals surface area contributed by atoms with Crippen LogP contribution in [0.4, 0.5) is 11.4 Å². The number of nitrogens with two attached hydrogens (primary N) is 2. The topological polar surface area (TPSA) is 88.4 Å². The van der Waals surface area contributed by atoms with Crippen molar-refractivity contribution in [3.05, 3.63) is 53.6 Å². The maximum absolute atomic E-state index is 8.37. The monoisotopic (exact) mass is 324 g/mol. The molecule has 1 fully saturated rings. The summed E-state index contributed by atoms with van der Waals surface area (Å²) in [6.45, 7) is 2.14. The summed E-state index contributed by atoms with van der Waals surface area (Å²) in [5, 5.41) is 8.37. The van der Waals surface area contributed by atoms with E-state index < -0.39 is 0 Å². The Kier molecular flexibility index (Phi) is 4.71. The van der Waals surface area contributed by atoms with Crippen LogP contribution in [0.1, 0.15) is 24.0 Å². The fourth-order valence-corrected chi connectivity index (χ4v) is 2.94. The van der Waals surface area contributed by atoms with Gasteiger partial charge in [0, 0.05) is 35.6 Å². The molecule has 0 unspecified atom stereocenters. The summed E-state index contributed by atoms with van der Waals surface area (Å²) in [5.41, 5.74) is 14.7. The summed E-state index contributed by atoms with van der Waals surface area (Å²) >= 11 is 0. The van der Waals surface area contributed by atoms with Gasteiger partial charge in [0.15, 0.2) is 0 Å². The van der Waals surface area contributed by atoms with Crippen LogP contribution in [0.2, 0.25) is 0 Å². The summed E-state index contributed by atoms with van der Waals surface area (Å²) in [5.74, 6) is 0.849. The van der Waals surface area contributed by atoms with Gasteiger partial charge in [-0.15, -0.1) is 0 Å². The number of nitrogens with one attached hydrogen (secondary N) is 1. The van der Waals surface area contributed by atoms with Crippen molar-refractivity contribution in [1.82, 2.24) is 4.90 Å². The van der Waals surface area contributed by atoms with E-state index in [9.17, 15) is 0 Å². The molecule has 5 heteroatoms. The first-order valence-corrected chi connectivity index (χ1v) is 8.22. The molecule has 1 aliphatic rings. The lowest BCUT2D eigenvalue weighted by atomic mass is 10.0. The number of hydrogen-bond acceptors (Lipinski definition) is 5. The van der Waals surface area contributed by atoms with Crippen molar-refractivity contribution in [2.75, 3.05) is 31.6 Å². The van der Waals surface area contributed by atoms with Crippen LogP contribution in [-0.2, 0) is 0 Å². The Bertz CT molecular complexity index is 719. The third kappa shape index (κ3) is 3.68. The summed E-state index contributed by atoms with van der Waals surface area (Å²) in [7, 11) is 2.14. The van der Waals surface area contributed by atoms with Gasteiger partial charge in [0.25, 0.3) is 0 Å². The lowest BCUT2D eigenvalue weighted by Crippen LogP contribution is -2.35. The van der Waals surface area contributed by atoms with Crippen LogP contribution in [-0.4, -0.2) is 36.9 Å². The molecule has 0 spiro atoms. The molecule has 0 aromatic heterocycles. The molecule has 0 amide bonds. The smallest absolute Gasteiger partial charge is 0.119 e. The summed E-state index contributed by atoms with van der Waals surface area (Å²) in [6, 6.07) is 12.8. The number of anilines is 2. The van der Waals surface area contributed by atoms with Crippen molar-refractivity contribution < 1.29 is 4.74 Å². The van der Waals surface area contributed by atoms with Gasteiger partial charge in [0.1, 0.15) is 11.9 Å². The molecule has 1 saturated heterocycles. The first kappa shape index (κ1) is 16.3. The minimum atomic E-state index is 0.274. The average Bonchev–Trinajstić information content (AvgIpc) is 2.59. The summed E-state index contributed by atoms with van der Waals surface area (Å²) < 4.78 is 6.05. The van der Waals surface area contributed by atoms with Gasteiger partial charge in [-0.3, -0.25) is 5.41 Å². The van der Waals surface area contributed by atoms with Gasteiger partial charge in [-0.1, -0.05) is 0 Å². The van der Waals surface area contributed by atoms with Gasteiger partial charge >= 0.3 is 0 Å². The molecule has 126 valence electrons. The highest BCUT2D eigenvalue weighted by Crippen LogP contribution is 2.23. The van der Waals surface area contributed by atoms with E-state index in [2.05, 4.69) is 11.9 Å². The molecule has 5 N–H and O–H groups in total. The van der Waals surface area contributed by atoms with Crippen LogP contribution < -0.4 is 16.2 Å². The maximum Gasteiger partial charge on any atom is 0.119 e. The number of nitrogen functional groups attached to an aromatic ring is 2. The third-order valence-electron chi connectivity index (χ3n) is 4.46. The zero-order valence-electron chi connectivity index (χ0n) is 14.0. The lowest BCUT2D eigenvalue weighted by molar-refractivity contribution is 0.114. The molecule has 0 bridgehead atoms. The Balaban J connectivity index is 1.70. The third-order valence-corrected chi connectivity index (χ3v) is 4.46. The van der Waals surface area contributed by atoms with Crippen LogP contribution in [0.15, 0.2) is 42.5 Å². The van der Waals surface area contributed by atoms with E-state index >= 15 is 0 Å². The van der Waals surface area contributed by atoms with Gasteiger partial charge in [0.2, 0.25) is 0 Å². The number of piperidine rings is 1. The van der Waals surface area contributed by atoms with Crippen molar-refractivity contribution in [1.29, 1.82) is 5.41 Å². The van der Waals surface area contributed by atoms with Crippen molar-refractivity contribution in [3.63, 3.8) is 0 Å². The van der Waals surface area contributed by atoms with Crippen LogP contribution in [0.3, 0.4) is 0 Å². The van der Waals surface area contributed by atoms with E-state index in [0.29, 0.717) is 22.6 Å². The minimum Gasteiger partial charge on any atom is -0.490 e. The second-order valence-electron chi connectivity index (χ2n) is 6.37. The number of rotatable bonds is 4. The van der Waals surface area contributed by atoms with E-state index in [1.165, 1.54) is 0 Å². The molecule has 3 rings (SSSR count). The van der Waals surface area contributed by atoms with Crippen LogP contribution in [0.5, 0.6) is 5.75 Å². The first-order chi connectivity index (χ1) is 11.5. The number of benzene rings is 2. The van der Waals surface area contributed by atoms with Gasteiger partial charge in [-0.05, 0) is 62.4 Å². The highest BCUT2D eigenvalue weighted by Gasteiger charge is 2.18. The van der Waals surface area contributed by atoms with Crippen LogP contribution in [0.25, 0.3) is 0 Å². The van der Waals surface area contributed by atoms with Gasteiger partial charge < -0.3 is 21.1 Å². The molecule has 0 atom stereocenters. The molecule has 0 saturated carbocycles. The fraction of sp³-hybridized carbons (Fsp3) is 0.316. The number of hydrogen-bond donors (Lipinski definition) is 3. The molecule has 2 aromatic carbocycles. The number of likely N-dealkylation sites (tertiary alicyclic amines) is 1. The van der Waals surface area contributed by atoms with E-state index in [1.54, 1.807) is 18.2 Å². The van der Waals surface area contributed by atoms with E-state index in [1.807, 2.05) is 24.3 Å². The molecule has 24 heavy (non-hydrogen) atoms. The van der Waals surface area contributed by atoms with E-state index in [0.717, 1.165) is 37.2 Å². The first-order valence-electron chi connectivity index (χ1n) is 8.22. The second-order valence-corrected chi connectivity index (χ2v) is 6.37. The van der Waals surface area contributed by atoms with Gasteiger partial charge in [-0.25, -0.2) is 0 Å². The van der Waals surface area contributed by atoms with Gasteiger partial charge in [-0.2, -0.15) is 0 Å². The van der Waals surface area contributed by atoms with E-state index in [-0.39, 0.29) is 6.10 Å². The number of ether oxygens (including phenoxy) is 1. The normalized spacial score (nSPS) is 16.0. The van der Waals surface area contributed by atoms with Crippen molar-refractivity contribution in [3.8, 4) is 5.75 Å². The fourth-order valence-electron chi connectivity index (χ4n) is 2.94. The number of nitrogens with zero attached hydrogens (tertiary/aromatic N) is 1. The van der Waals surface area contributed by atoms with E-state index in [4.69, 9.17) is 21.6 Å². The van der Waals surface area contributed by atoms with Gasteiger partial charge in [0.05, 0.1) is 5.71 Å². The zero-order chi connectivity index (χ0) is 17.1. The largest absolute Gasteiger partial charge is 0.490 e. The predicted molar refractivity (Wildman–Crippen MR) is 98.8 cm³/mol. The summed E-state index contributed by atoms with van der Waals surface area (Å²) in [4.78, 5) is 2.32. The molecule has 0 radical (unpaired) electrons. The highest BCUT2D eigenvalue weighted by atomic mass is 16.5. The average molecular weight is 324 g/mol. The molecular weight excluding hydrogens is 300 g/mol. The maximum atomic E-state index is 8.37. The van der Waals surface area contributed by atoms with Crippen molar-refractivity contribution in [2.45, 2.75) is 18.9 Å². The quantitative estimate of drug-likeness (QED) is 0.596. The minimum absolute atomic E-state index is 0.274. The summed E-state index contributed by atoms with van der Waals surface area (Å²) in [6.07, 6.45) is 2.37. The predicted octanol–water partition coefficient (Wildman–Crippen LogP) is 2.74.